The molecule has 50 valence electrons. The first-order chi connectivity index (χ1) is 4.29. The zero-order valence-electron chi connectivity index (χ0n) is 4.98. The van der Waals surface area contributed by atoms with Gasteiger partial charge in [-0.15, -0.1) is 23.2 Å². The minimum Gasteiger partial charge on any atom is -0.110 e. The van der Waals surface area contributed by atoms with Crippen LogP contribution in [0.4, 0.5) is 0 Å². The van der Waals surface area contributed by atoms with Crippen molar-refractivity contribution in [1.82, 2.24) is 0 Å². The highest BCUT2D eigenvalue weighted by molar-refractivity contribution is 6.72. The number of allylic oxidation sites excluding steroid dienone is 4. The lowest BCUT2D eigenvalue weighted by Crippen LogP contribution is -2.03. The summed E-state index contributed by atoms with van der Waals surface area (Å²) >= 11 is 11.2. The summed E-state index contributed by atoms with van der Waals surface area (Å²) in [6, 6.07) is 0. The molecule has 1 aliphatic rings. The summed E-state index contributed by atoms with van der Waals surface area (Å²) in [5.41, 5.74) is 0. The van der Waals surface area contributed by atoms with Gasteiger partial charge in [0.15, 0.2) is 0 Å². The van der Waals surface area contributed by atoms with E-state index in [0.29, 0.717) is 0 Å². The molecule has 0 saturated carbocycles. The second-order valence-electron chi connectivity index (χ2n) is 2.05. The summed E-state index contributed by atoms with van der Waals surface area (Å²) < 4.78 is -0.101. The van der Waals surface area contributed by atoms with Gasteiger partial charge in [-0.1, -0.05) is 23.4 Å². The van der Waals surface area contributed by atoms with Crippen molar-refractivity contribution in [3.05, 3.63) is 23.4 Å². The highest BCUT2D eigenvalue weighted by Gasteiger charge is 2.05. The monoisotopic (exact) mass is 178 g/mol. The highest BCUT2D eigenvalue weighted by Crippen LogP contribution is 2.13. The predicted molar refractivity (Wildman–Crippen MR) is 45.9 cm³/mol. The minimum absolute atomic E-state index is 0.101. The molecule has 1 rings (SSSR count). The van der Waals surface area contributed by atoms with Crippen LogP contribution in [-0.2, 0) is 0 Å². The van der Waals surface area contributed by atoms with Gasteiger partial charge >= 0.3 is 0 Å². The van der Waals surface area contributed by atoms with E-state index in [0.717, 1.165) is 6.42 Å². The van der Waals surface area contributed by atoms with Crippen molar-refractivity contribution >= 4 is 32.7 Å². The van der Waals surface area contributed by atoms with Crippen molar-refractivity contribution in [2.45, 2.75) is 10.9 Å². The van der Waals surface area contributed by atoms with E-state index in [1.807, 2.05) is 0 Å². The molecular formula is C6H8Cl2Si. The lowest BCUT2D eigenvalue weighted by atomic mass is 10.5. The fraction of sp³-hybridized carbons (Fsp3) is 0.333. The van der Waals surface area contributed by atoms with E-state index in [2.05, 4.69) is 18.2 Å². The molecule has 0 bridgehead atoms. The smallest absolute Gasteiger partial charge is 0.0953 e. The quantitative estimate of drug-likeness (QED) is 0.447. The molecule has 0 amide bonds. The zero-order chi connectivity index (χ0) is 6.69. The Labute approximate surface area is 67.4 Å². The van der Waals surface area contributed by atoms with Crippen molar-refractivity contribution in [1.29, 1.82) is 0 Å². The Kier molecular flexibility index (Phi) is 2.83. The van der Waals surface area contributed by atoms with E-state index in [4.69, 9.17) is 23.2 Å². The van der Waals surface area contributed by atoms with Crippen molar-refractivity contribution < 1.29 is 0 Å². The van der Waals surface area contributed by atoms with Crippen LogP contribution in [0.2, 0.25) is 0 Å². The zero-order valence-corrected chi connectivity index (χ0v) is 7.91. The number of halogens is 2. The maximum absolute atomic E-state index is 5.62. The first kappa shape index (κ1) is 7.38. The maximum atomic E-state index is 5.62. The summed E-state index contributed by atoms with van der Waals surface area (Å²) in [4.78, 5) is 0. The van der Waals surface area contributed by atoms with Crippen LogP contribution in [0, 0.1) is 0 Å². The molecule has 1 aliphatic carbocycles. The third kappa shape index (κ3) is 2.56. The number of rotatable bonds is 2. The summed E-state index contributed by atoms with van der Waals surface area (Å²) in [6.07, 6.45) is 7.42. The van der Waals surface area contributed by atoms with Gasteiger partial charge in [-0.3, -0.25) is 0 Å². The molecule has 0 aromatic heterocycles. The lowest BCUT2D eigenvalue weighted by molar-refractivity contribution is 1.39. The Morgan fingerprint density at radius 1 is 1.56 bits per heavy atom. The van der Waals surface area contributed by atoms with Crippen LogP contribution in [0.1, 0.15) is 6.42 Å². The van der Waals surface area contributed by atoms with E-state index in [-0.39, 0.29) is 14.0 Å². The molecular weight excluding hydrogens is 171 g/mol. The standard InChI is InChI=1S/C6H8Cl2Si/c7-6(8)9-5-3-1-2-4-5/h1-3,6H,4,9H2. The van der Waals surface area contributed by atoms with Crippen LogP contribution in [-0.4, -0.2) is 14.0 Å². The maximum Gasteiger partial charge on any atom is 0.0953 e. The first-order valence-corrected chi connectivity index (χ1v) is 5.31. The third-order valence-corrected chi connectivity index (χ3v) is 3.55. The van der Waals surface area contributed by atoms with Crippen molar-refractivity contribution in [3.8, 4) is 0 Å². The molecule has 0 spiro atoms. The second-order valence-corrected chi connectivity index (χ2v) is 6.50. The molecule has 0 saturated heterocycles. The molecule has 0 fully saturated rings. The molecule has 0 N–H and O–H groups in total. The topological polar surface area (TPSA) is 0 Å². The Bertz CT molecular complexity index is 149. The molecule has 0 nitrogen and oxygen atoms in total. The van der Waals surface area contributed by atoms with Crippen molar-refractivity contribution in [2.75, 3.05) is 0 Å². The van der Waals surface area contributed by atoms with Gasteiger partial charge in [-0.25, -0.2) is 0 Å². The van der Waals surface area contributed by atoms with Gasteiger partial charge in [-0.2, -0.15) is 0 Å². The Hall–Kier alpha value is 0.277. The SMILES string of the molecule is ClC(Cl)[SiH2]C1=CC=CC1. The Balaban J connectivity index is 2.30. The van der Waals surface area contributed by atoms with E-state index >= 15 is 0 Å². The van der Waals surface area contributed by atoms with Crippen LogP contribution in [0.25, 0.3) is 0 Å². The summed E-state index contributed by atoms with van der Waals surface area (Å²) in [5, 5.41) is 1.46. The number of hydrogen-bond donors (Lipinski definition) is 0. The van der Waals surface area contributed by atoms with Gasteiger partial charge < -0.3 is 0 Å². The largest absolute Gasteiger partial charge is 0.110 e. The van der Waals surface area contributed by atoms with Gasteiger partial charge in [0, 0.05) is 0 Å². The normalized spacial score (nSPS) is 18.3. The molecule has 9 heavy (non-hydrogen) atoms. The van der Waals surface area contributed by atoms with Gasteiger partial charge in [0.25, 0.3) is 0 Å². The summed E-state index contributed by atoms with van der Waals surface area (Å²) in [7, 11) is -0.348. The first-order valence-electron chi connectivity index (χ1n) is 2.92. The fourth-order valence-electron chi connectivity index (χ4n) is 0.841. The number of alkyl halides is 2. The average Bonchev–Trinajstić information content (AvgIpc) is 2.15. The summed E-state index contributed by atoms with van der Waals surface area (Å²) in [5.74, 6) is 0. The Morgan fingerprint density at radius 3 is 2.78 bits per heavy atom. The molecule has 0 radical (unpaired) electrons. The molecule has 0 aromatic carbocycles. The van der Waals surface area contributed by atoms with Crippen molar-refractivity contribution in [2.24, 2.45) is 0 Å². The van der Waals surface area contributed by atoms with Crippen LogP contribution in [0.5, 0.6) is 0 Å². The van der Waals surface area contributed by atoms with Gasteiger partial charge in [0.2, 0.25) is 0 Å². The van der Waals surface area contributed by atoms with Gasteiger partial charge in [0.05, 0.1) is 14.0 Å². The minimum atomic E-state index is -0.348. The van der Waals surface area contributed by atoms with Crippen LogP contribution in [0.3, 0.4) is 0 Å². The van der Waals surface area contributed by atoms with E-state index < -0.39 is 0 Å². The molecule has 0 aliphatic heterocycles. The van der Waals surface area contributed by atoms with Crippen LogP contribution < -0.4 is 0 Å². The van der Waals surface area contributed by atoms with Crippen LogP contribution in [0.15, 0.2) is 23.4 Å². The van der Waals surface area contributed by atoms with E-state index in [1.165, 1.54) is 5.20 Å². The lowest BCUT2D eigenvalue weighted by Gasteiger charge is -1.98. The van der Waals surface area contributed by atoms with Crippen molar-refractivity contribution in [3.63, 3.8) is 0 Å². The van der Waals surface area contributed by atoms with Gasteiger partial charge in [-0.05, 0) is 6.42 Å². The molecule has 3 heteroatoms. The number of hydrogen-bond acceptors (Lipinski definition) is 0. The van der Waals surface area contributed by atoms with E-state index in [9.17, 15) is 0 Å². The Morgan fingerprint density at radius 2 is 2.33 bits per heavy atom. The van der Waals surface area contributed by atoms with Gasteiger partial charge in [0.1, 0.15) is 0 Å². The van der Waals surface area contributed by atoms with E-state index in [1.54, 1.807) is 0 Å². The van der Waals surface area contributed by atoms with Crippen LogP contribution >= 0.6 is 23.2 Å². The molecule has 0 atom stereocenters. The molecule has 0 unspecified atom stereocenters. The molecule has 0 aromatic rings. The second kappa shape index (κ2) is 3.45. The summed E-state index contributed by atoms with van der Waals surface area (Å²) in [6.45, 7) is 0. The molecule has 0 heterocycles. The highest BCUT2D eigenvalue weighted by atomic mass is 35.5. The fourth-order valence-corrected chi connectivity index (χ4v) is 3.03. The predicted octanol–water partition coefficient (Wildman–Crippen LogP) is 1.76. The average molecular weight is 179 g/mol. The third-order valence-electron chi connectivity index (χ3n) is 1.26.